The van der Waals surface area contributed by atoms with Crippen molar-refractivity contribution in [3.8, 4) is 11.5 Å². The molecule has 1 atom stereocenters. The number of nitrogens with one attached hydrogen (secondary N) is 3. The predicted octanol–water partition coefficient (Wildman–Crippen LogP) is 6.77. The Morgan fingerprint density at radius 3 is 1.79 bits per heavy atom. The van der Waals surface area contributed by atoms with E-state index in [-0.39, 0.29) is 23.3 Å². The van der Waals surface area contributed by atoms with E-state index in [0.717, 1.165) is 59.3 Å². The first-order chi connectivity index (χ1) is 20.3. The number of benzene rings is 3. The molecule has 0 aromatic heterocycles. The molecule has 7 nitrogen and oxygen atoms in total. The maximum absolute atomic E-state index is 14.2. The number of hydrogen-bond acceptors (Lipinski definition) is 5. The van der Waals surface area contributed by atoms with Gasteiger partial charge >= 0.3 is 0 Å². The van der Waals surface area contributed by atoms with Crippen molar-refractivity contribution < 1.29 is 19.4 Å². The second kappa shape index (κ2) is 13.4. The number of amides is 2. The lowest BCUT2D eigenvalue weighted by Crippen LogP contribution is -2.33. The Labute approximate surface area is 248 Å². The summed E-state index contributed by atoms with van der Waals surface area (Å²) < 4.78 is 5.40. The van der Waals surface area contributed by atoms with Gasteiger partial charge in [0.15, 0.2) is 11.5 Å². The number of phenolic OH excluding ortho intramolecular Hbond substituents is 1. The van der Waals surface area contributed by atoms with Gasteiger partial charge in [0.2, 0.25) is 0 Å². The van der Waals surface area contributed by atoms with Crippen LogP contribution in [0.5, 0.6) is 11.5 Å². The molecule has 3 aromatic carbocycles. The van der Waals surface area contributed by atoms with Crippen molar-refractivity contribution in [2.45, 2.75) is 66.2 Å². The number of carbonyl (C=O) groups is 2. The second-order valence-corrected chi connectivity index (χ2v) is 10.4. The summed E-state index contributed by atoms with van der Waals surface area (Å²) in [5.41, 5.74) is 7.87. The Morgan fingerprint density at radius 2 is 1.31 bits per heavy atom. The minimum Gasteiger partial charge on any atom is -0.504 e. The zero-order chi connectivity index (χ0) is 30.4. The van der Waals surface area contributed by atoms with Gasteiger partial charge in [-0.2, -0.15) is 0 Å². The Balaban J connectivity index is 1.81. The number of ether oxygens (including phenoxy) is 1. The van der Waals surface area contributed by atoms with Gasteiger partial charge in [-0.15, -0.1) is 0 Å². The van der Waals surface area contributed by atoms with Crippen LogP contribution in [0.3, 0.4) is 0 Å². The quantitative estimate of drug-likeness (QED) is 0.217. The van der Waals surface area contributed by atoms with Gasteiger partial charge < -0.3 is 25.8 Å². The molecule has 0 radical (unpaired) electrons. The van der Waals surface area contributed by atoms with Gasteiger partial charge in [0, 0.05) is 40.3 Å². The number of carbonyl (C=O) groups excluding carboxylic acids is 2. The molecule has 1 aliphatic rings. The van der Waals surface area contributed by atoms with Crippen LogP contribution in [0, 0.1) is 0 Å². The van der Waals surface area contributed by atoms with Crippen LogP contribution in [0.4, 0.5) is 11.4 Å². The lowest BCUT2D eigenvalue weighted by atomic mass is 9.81. The maximum Gasteiger partial charge on any atom is 0.254 e. The fraction of sp³-hybridized carbons (Fsp3) is 0.314. The summed E-state index contributed by atoms with van der Waals surface area (Å²) in [5.74, 6) is -1.09. The number of dihydropyridines is 1. The summed E-state index contributed by atoms with van der Waals surface area (Å²) in [4.78, 5) is 28.3. The summed E-state index contributed by atoms with van der Waals surface area (Å²) >= 11 is 0. The van der Waals surface area contributed by atoms with Gasteiger partial charge in [-0.1, -0.05) is 70.2 Å². The summed E-state index contributed by atoms with van der Waals surface area (Å²) in [6.45, 7) is 10.1. The summed E-state index contributed by atoms with van der Waals surface area (Å²) in [6, 6.07) is 17.0. The van der Waals surface area contributed by atoms with Crippen molar-refractivity contribution in [2.75, 3.05) is 17.7 Å². The molecule has 4 rings (SSSR count). The Kier molecular flexibility index (Phi) is 9.73. The first-order valence-electron chi connectivity index (χ1n) is 14.7. The lowest BCUT2D eigenvalue weighted by Gasteiger charge is -2.30. The van der Waals surface area contributed by atoms with E-state index in [9.17, 15) is 14.7 Å². The number of aryl methyl sites for hydroxylation is 4. The van der Waals surface area contributed by atoms with Gasteiger partial charge in [-0.3, -0.25) is 9.59 Å². The molecule has 0 unspecified atom stereocenters. The monoisotopic (exact) mass is 567 g/mol. The number of rotatable bonds is 10. The van der Waals surface area contributed by atoms with Gasteiger partial charge in [0.1, 0.15) is 0 Å². The molecular formula is C35H41N3O4. The number of phenols is 1. The highest BCUT2D eigenvalue weighted by Crippen LogP contribution is 2.41. The molecule has 0 saturated heterocycles. The Morgan fingerprint density at radius 1 is 0.810 bits per heavy atom. The van der Waals surface area contributed by atoms with Crippen LogP contribution in [0.25, 0.3) is 0 Å². The van der Waals surface area contributed by atoms with E-state index in [2.05, 4.69) is 43.6 Å². The van der Waals surface area contributed by atoms with E-state index in [0.29, 0.717) is 22.4 Å². The van der Waals surface area contributed by atoms with Crippen LogP contribution >= 0.6 is 0 Å². The van der Waals surface area contributed by atoms with Crippen molar-refractivity contribution in [3.05, 3.63) is 105 Å². The molecule has 0 aliphatic carbocycles. The summed E-state index contributed by atoms with van der Waals surface area (Å²) in [6.07, 6.45) is 4.74. The number of para-hydroxylation sites is 2. The zero-order valence-electron chi connectivity index (χ0n) is 25.4. The minimum atomic E-state index is -0.724. The third kappa shape index (κ3) is 6.05. The van der Waals surface area contributed by atoms with Crippen LogP contribution < -0.4 is 20.7 Å². The van der Waals surface area contributed by atoms with E-state index < -0.39 is 5.92 Å². The molecule has 4 N–H and O–H groups in total. The molecule has 220 valence electrons. The van der Waals surface area contributed by atoms with Crippen molar-refractivity contribution in [1.29, 1.82) is 0 Å². The summed E-state index contributed by atoms with van der Waals surface area (Å²) in [5, 5.41) is 19.9. The van der Waals surface area contributed by atoms with Crippen LogP contribution in [-0.4, -0.2) is 24.0 Å². The van der Waals surface area contributed by atoms with Crippen molar-refractivity contribution in [1.82, 2.24) is 5.32 Å². The molecule has 0 bridgehead atoms. The third-order valence-electron chi connectivity index (χ3n) is 7.97. The molecule has 42 heavy (non-hydrogen) atoms. The highest BCUT2D eigenvalue weighted by molar-refractivity contribution is 6.12. The molecule has 7 heteroatoms. The highest BCUT2D eigenvalue weighted by Gasteiger charge is 2.35. The van der Waals surface area contributed by atoms with E-state index in [1.165, 1.54) is 13.2 Å². The van der Waals surface area contributed by atoms with Crippen LogP contribution in [-0.2, 0) is 35.3 Å². The number of anilines is 2. The van der Waals surface area contributed by atoms with Crippen molar-refractivity contribution in [2.24, 2.45) is 0 Å². The average Bonchev–Trinajstić information content (AvgIpc) is 3.01. The lowest BCUT2D eigenvalue weighted by molar-refractivity contribution is -0.113. The molecule has 1 aliphatic heterocycles. The molecule has 0 fully saturated rings. The highest BCUT2D eigenvalue weighted by atomic mass is 16.5. The van der Waals surface area contributed by atoms with Crippen molar-refractivity contribution >= 4 is 23.2 Å². The molecular weight excluding hydrogens is 526 g/mol. The first-order valence-corrected chi connectivity index (χ1v) is 14.7. The van der Waals surface area contributed by atoms with Gasteiger partial charge in [-0.25, -0.2) is 0 Å². The fourth-order valence-corrected chi connectivity index (χ4v) is 5.61. The number of aromatic hydroxyl groups is 1. The van der Waals surface area contributed by atoms with E-state index in [1.807, 2.05) is 43.3 Å². The van der Waals surface area contributed by atoms with Gasteiger partial charge in [0.05, 0.1) is 7.11 Å². The van der Waals surface area contributed by atoms with Gasteiger partial charge in [-0.05, 0) is 72.6 Å². The van der Waals surface area contributed by atoms with Crippen LogP contribution in [0.1, 0.15) is 68.4 Å². The third-order valence-corrected chi connectivity index (χ3v) is 7.97. The van der Waals surface area contributed by atoms with Crippen molar-refractivity contribution in [3.63, 3.8) is 0 Å². The zero-order valence-corrected chi connectivity index (χ0v) is 25.4. The Hall–Kier alpha value is -4.52. The van der Waals surface area contributed by atoms with E-state index >= 15 is 0 Å². The largest absolute Gasteiger partial charge is 0.504 e. The number of hydrogen-bond donors (Lipinski definition) is 4. The van der Waals surface area contributed by atoms with Crippen LogP contribution in [0.2, 0.25) is 0 Å². The number of methoxy groups -OCH3 is 1. The normalized spacial score (nSPS) is 14.6. The molecule has 0 spiro atoms. The standard InChI is InChI=1S/C35H41N3O4/c1-7-22-13-11-14-23(8-2)32(22)37-34(40)27-20-36-21(5)30(31(27)26-17-18-28(39)29(19-26)42-6)35(41)38-33-24(9-3)15-12-16-25(33)10-4/h11-20,31,36,39H,7-10H2,1-6H3,(H,37,40)(H,38,41)/t31-/m0/s1. The summed E-state index contributed by atoms with van der Waals surface area (Å²) in [7, 11) is 1.47. The smallest absolute Gasteiger partial charge is 0.254 e. The van der Waals surface area contributed by atoms with Crippen LogP contribution in [0.15, 0.2) is 77.6 Å². The van der Waals surface area contributed by atoms with E-state index in [4.69, 9.17) is 4.74 Å². The SMILES string of the molecule is CCc1cccc(CC)c1NC(=O)C1=CNC(C)=C(C(=O)Nc2c(CC)cccc2CC)[C@H]1c1ccc(O)c(OC)c1. The second-order valence-electron chi connectivity index (χ2n) is 10.4. The topological polar surface area (TPSA) is 99.7 Å². The average molecular weight is 568 g/mol. The molecule has 1 heterocycles. The fourth-order valence-electron chi connectivity index (χ4n) is 5.61. The Bertz CT molecular complexity index is 1510. The number of allylic oxidation sites excluding steroid dienone is 1. The molecule has 0 saturated carbocycles. The molecule has 3 aromatic rings. The first kappa shape index (κ1) is 30.4. The maximum atomic E-state index is 14.2. The van der Waals surface area contributed by atoms with E-state index in [1.54, 1.807) is 18.3 Å². The predicted molar refractivity (Wildman–Crippen MR) is 169 cm³/mol. The minimum absolute atomic E-state index is 0.0224. The van der Waals surface area contributed by atoms with Gasteiger partial charge in [0.25, 0.3) is 11.8 Å². The molecule has 2 amide bonds.